The van der Waals surface area contributed by atoms with Crippen molar-refractivity contribution in [3.05, 3.63) is 18.2 Å². The number of amides is 1. The Bertz CT molecular complexity index is 519. The fourth-order valence-electron chi connectivity index (χ4n) is 2.67. The number of nitrogens with one attached hydrogen (secondary N) is 1. The van der Waals surface area contributed by atoms with E-state index >= 15 is 0 Å². The maximum absolute atomic E-state index is 12.0. The highest BCUT2D eigenvalue weighted by atomic mass is 16.2. The van der Waals surface area contributed by atoms with Gasteiger partial charge < -0.3 is 16.0 Å². The van der Waals surface area contributed by atoms with Crippen LogP contribution in [0.15, 0.2) is 18.2 Å². The molecule has 1 saturated heterocycles. The van der Waals surface area contributed by atoms with E-state index in [0.29, 0.717) is 6.04 Å². The van der Waals surface area contributed by atoms with Crippen LogP contribution >= 0.6 is 0 Å². The molecule has 1 aliphatic rings. The van der Waals surface area contributed by atoms with Crippen LogP contribution in [0.1, 0.15) is 47.0 Å². The van der Waals surface area contributed by atoms with Gasteiger partial charge in [-0.1, -0.05) is 20.8 Å². The zero-order chi connectivity index (χ0) is 15.6. The molecule has 0 radical (unpaired) electrons. The summed E-state index contributed by atoms with van der Waals surface area (Å²) in [6.07, 6.45) is 3.71. The summed E-state index contributed by atoms with van der Waals surface area (Å²) in [7, 11) is 0. The summed E-state index contributed by atoms with van der Waals surface area (Å²) in [4.78, 5) is 14.4. The number of hydrogen-bond acceptors (Lipinski definition) is 3. The third-order valence-electron chi connectivity index (χ3n) is 4.08. The first-order valence-electron chi connectivity index (χ1n) is 7.76. The van der Waals surface area contributed by atoms with Gasteiger partial charge in [0, 0.05) is 23.7 Å². The molecule has 0 saturated carbocycles. The second-order valence-corrected chi connectivity index (χ2v) is 7.02. The number of hydrogen-bond donors (Lipinski definition) is 2. The normalized spacial score (nSPS) is 19.4. The van der Waals surface area contributed by atoms with Crippen molar-refractivity contribution in [3.8, 4) is 0 Å². The summed E-state index contributed by atoms with van der Waals surface area (Å²) in [5.41, 5.74) is 8.37. The average Bonchev–Trinajstić information content (AvgIpc) is 2.39. The molecule has 3 N–H and O–H groups in total. The van der Waals surface area contributed by atoms with E-state index in [2.05, 4.69) is 17.1 Å². The molecule has 1 aromatic rings. The largest absolute Gasteiger partial charge is 0.397 e. The van der Waals surface area contributed by atoms with Crippen molar-refractivity contribution < 1.29 is 4.79 Å². The van der Waals surface area contributed by atoms with Gasteiger partial charge in [-0.2, -0.15) is 0 Å². The molecule has 4 heteroatoms. The maximum Gasteiger partial charge on any atom is 0.229 e. The number of benzene rings is 1. The molecule has 4 nitrogen and oxygen atoms in total. The van der Waals surface area contributed by atoms with E-state index < -0.39 is 5.41 Å². The Hall–Kier alpha value is -1.71. The molecule has 1 aromatic carbocycles. The summed E-state index contributed by atoms with van der Waals surface area (Å²) in [5.74, 6) is 0.000917. The number of carbonyl (C=O) groups is 1. The Morgan fingerprint density at radius 3 is 2.62 bits per heavy atom. The quantitative estimate of drug-likeness (QED) is 0.817. The van der Waals surface area contributed by atoms with E-state index in [1.54, 1.807) is 0 Å². The van der Waals surface area contributed by atoms with Crippen molar-refractivity contribution in [1.29, 1.82) is 0 Å². The number of nitrogens with two attached hydrogens (primary N) is 1. The van der Waals surface area contributed by atoms with Gasteiger partial charge in [-0.25, -0.2) is 0 Å². The van der Waals surface area contributed by atoms with E-state index in [9.17, 15) is 4.79 Å². The lowest BCUT2D eigenvalue weighted by Crippen LogP contribution is -2.37. The maximum atomic E-state index is 12.0. The van der Waals surface area contributed by atoms with Gasteiger partial charge in [0.05, 0.1) is 11.4 Å². The standard InChI is InChI=1S/C17H27N3O/c1-12-7-5-6-10-20(12)15-9-8-13(11-14(15)18)19-16(21)17(2,3)4/h8-9,11-12H,5-7,10,18H2,1-4H3,(H,19,21). The molecule has 0 aromatic heterocycles. The van der Waals surface area contributed by atoms with Crippen LogP contribution in [0.2, 0.25) is 0 Å². The Morgan fingerprint density at radius 2 is 2.05 bits per heavy atom. The van der Waals surface area contributed by atoms with Crippen LogP contribution in [0.25, 0.3) is 0 Å². The molecule has 0 bridgehead atoms. The number of piperidine rings is 1. The number of nitrogens with zero attached hydrogens (tertiary/aromatic N) is 1. The molecular formula is C17H27N3O. The van der Waals surface area contributed by atoms with Gasteiger partial charge in [-0.05, 0) is 44.4 Å². The molecule has 1 heterocycles. The van der Waals surface area contributed by atoms with Crippen LogP contribution in [0.5, 0.6) is 0 Å². The van der Waals surface area contributed by atoms with Crippen LogP contribution in [-0.2, 0) is 4.79 Å². The third kappa shape index (κ3) is 3.69. The molecular weight excluding hydrogens is 262 g/mol. The molecule has 0 spiro atoms. The average molecular weight is 289 g/mol. The second-order valence-electron chi connectivity index (χ2n) is 7.02. The zero-order valence-corrected chi connectivity index (χ0v) is 13.6. The highest BCUT2D eigenvalue weighted by molar-refractivity contribution is 5.95. The SMILES string of the molecule is CC1CCCCN1c1ccc(NC(=O)C(C)(C)C)cc1N. The predicted octanol–water partition coefficient (Wildman–Crippen LogP) is 3.63. The van der Waals surface area contributed by atoms with Crippen LogP contribution in [0.4, 0.5) is 17.1 Å². The minimum Gasteiger partial charge on any atom is -0.397 e. The minimum absolute atomic E-state index is 0.000917. The van der Waals surface area contributed by atoms with Crippen molar-refractivity contribution in [2.75, 3.05) is 22.5 Å². The first-order valence-corrected chi connectivity index (χ1v) is 7.76. The summed E-state index contributed by atoms with van der Waals surface area (Å²) in [6, 6.07) is 6.35. The summed E-state index contributed by atoms with van der Waals surface area (Å²) in [5, 5.41) is 2.93. The highest BCUT2D eigenvalue weighted by Crippen LogP contribution is 2.32. The van der Waals surface area contributed by atoms with Crippen molar-refractivity contribution in [2.24, 2.45) is 5.41 Å². The highest BCUT2D eigenvalue weighted by Gasteiger charge is 2.23. The van der Waals surface area contributed by atoms with Crippen LogP contribution in [0, 0.1) is 5.41 Å². The van der Waals surface area contributed by atoms with E-state index in [-0.39, 0.29) is 5.91 Å². The fourth-order valence-corrected chi connectivity index (χ4v) is 2.67. The van der Waals surface area contributed by atoms with Crippen LogP contribution in [-0.4, -0.2) is 18.5 Å². The molecule has 1 aliphatic heterocycles. The Balaban J connectivity index is 2.16. The van der Waals surface area contributed by atoms with Gasteiger partial charge in [0.25, 0.3) is 0 Å². The van der Waals surface area contributed by atoms with Gasteiger partial charge >= 0.3 is 0 Å². The Labute approximate surface area is 127 Å². The molecule has 21 heavy (non-hydrogen) atoms. The van der Waals surface area contributed by atoms with Gasteiger partial charge in [0.2, 0.25) is 5.91 Å². The van der Waals surface area contributed by atoms with Crippen LogP contribution in [0.3, 0.4) is 0 Å². The lowest BCUT2D eigenvalue weighted by Gasteiger charge is -2.36. The van der Waals surface area contributed by atoms with Gasteiger partial charge in [0.15, 0.2) is 0 Å². The van der Waals surface area contributed by atoms with E-state index in [1.165, 1.54) is 19.3 Å². The summed E-state index contributed by atoms with van der Waals surface area (Å²) < 4.78 is 0. The lowest BCUT2D eigenvalue weighted by molar-refractivity contribution is -0.123. The molecule has 0 aliphatic carbocycles. The number of anilines is 3. The molecule has 1 fully saturated rings. The number of carbonyl (C=O) groups excluding carboxylic acids is 1. The third-order valence-corrected chi connectivity index (χ3v) is 4.08. The van der Waals surface area contributed by atoms with Crippen molar-refractivity contribution in [1.82, 2.24) is 0 Å². The molecule has 1 atom stereocenters. The van der Waals surface area contributed by atoms with Crippen molar-refractivity contribution in [2.45, 2.75) is 53.0 Å². The number of nitrogen functional groups attached to an aromatic ring is 1. The Morgan fingerprint density at radius 1 is 1.33 bits per heavy atom. The smallest absolute Gasteiger partial charge is 0.229 e. The van der Waals surface area contributed by atoms with Gasteiger partial charge in [0.1, 0.15) is 0 Å². The summed E-state index contributed by atoms with van der Waals surface area (Å²) >= 11 is 0. The van der Waals surface area contributed by atoms with Crippen LogP contribution < -0.4 is 16.0 Å². The Kier molecular flexibility index (Phi) is 4.45. The molecule has 1 amide bonds. The molecule has 1 unspecified atom stereocenters. The van der Waals surface area contributed by atoms with E-state index in [0.717, 1.165) is 23.6 Å². The molecule has 2 rings (SSSR count). The fraction of sp³-hybridized carbons (Fsp3) is 0.588. The van der Waals surface area contributed by atoms with Gasteiger partial charge in [-0.15, -0.1) is 0 Å². The van der Waals surface area contributed by atoms with Gasteiger partial charge in [-0.3, -0.25) is 4.79 Å². The van der Waals surface area contributed by atoms with E-state index in [1.807, 2.05) is 39.0 Å². The first-order chi connectivity index (χ1) is 9.79. The van der Waals surface area contributed by atoms with E-state index in [4.69, 9.17) is 5.73 Å². The lowest BCUT2D eigenvalue weighted by atomic mass is 9.95. The van der Waals surface area contributed by atoms with Crippen molar-refractivity contribution >= 4 is 23.0 Å². The second kappa shape index (κ2) is 5.96. The number of rotatable bonds is 2. The molecule has 116 valence electrons. The topological polar surface area (TPSA) is 58.4 Å². The zero-order valence-electron chi connectivity index (χ0n) is 13.6. The van der Waals surface area contributed by atoms with Crippen molar-refractivity contribution in [3.63, 3.8) is 0 Å². The summed E-state index contributed by atoms with van der Waals surface area (Å²) in [6.45, 7) is 8.99. The predicted molar refractivity (Wildman–Crippen MR) is 89.6 cm³/mol. The minimum atomic E-state index is -0.408. The monoisotopic (exact) mass is 289 g/mol. The first kappa shape index (κ1) is 15.7.